The van der Waals surface area contributed by atoms with E-state index in [4.69, 9.17) is 22.0 Å². The predicted molar refractivity (Wildman–Crippen MR) is 78.1 cm³/mol. The predicted octanol–water partition coefficient (Wildman–Crippen LogP) is 1.40. The maximum Gasteiger partial charge on any atom is 0.321 e. The number of carboxylic acids is 2. The fourth-order valence-corrected chi connectivity index (χ4v) is 3.98. The van der Waals surface area contributed by atoms with Gasteiger partial charge in [-0.1, -0.05) is 42.1 Å². The molecule has 1 aromatic carbocycles. The van der Waals surface area contributed by atoms with Gasteiger partial charge in [0.15, 0.2) is 0 Å². The minimum absolute atomic E-state index is 0.127. The van der Waals surface area contributed by atoms with Gasteiger partial charge < -0.3 is 15.1 Å². The molecule has 0 aliphatic heterocycles. The minimum atomic E-state index is -3.07. The number of aliphatic carboxylic acids is 2. The molecule has 0 heterocycles. The molecule has 6 nitrogen and oxygen atoms in total. The van der Waals surface area contributed by atoms with Crippen LogP contribution in [0.2, 0.25) is 0 Å². The van der Waals surface area contributed by atoms with Crippen LogP contribution in [-0.4, -0.2) is 33.1 Å². The van der Waals surface area contributed by atoms with Crippen molar-refractivity contribution in [2.75, 3.05) is 0 Å². The van der Waals surface area contributed by atoms with E-state index in [-0.39, 0.29) is 19.0 Å². The molecule has 0 fully saturated rings. The van der Waals surface area contributed by atoms with Crippen molar-refractivity contribution in [3.8, 4) is 0 Å². The summed E-state index contributed by atoms with van der Waals surface area (Å²) in [6.45, 7) is 0. The van der Waals surface area contributed by atoms with Crippen LogP contribution >= 0.6 is 6.42 Å². The smallest absolute Gasteiger partial charge is 0.321 e. The summed E-state index contributed by atoms with van der Waals surface area (Å²) in [6, 6.07) is 7.82. The highest BCUT2D eigenvalue weighted by atomic mass is 32.4. The molecule has 0 bridgehead atoms. The van der Waals surface area contributed by atoms with Crippen LogP contribution in [0.25, 0.3) is 0 Å². The average Bonchev–Trinajstić information content (AvgIpc) is 2.34. The maximum absolute atomic E-state index is 11.0. The number of nitrogens with one attached hydrogen (secondary N) is 1. The van der Waals surface area contributed by atoms with E-state index in [1.807, 2.05) is 6.07 Å². The summed E-state index contributed by atoms with van der Waals surface area (Å²) in [6.07, 6.45) is -3.35. The average molecular weight is 317 g/mol. The SMILES string of the molecule is O=C(O)CCC(NP(O)(=S)Cc1ccccc1)C(=O)O. The molecule has 1 rings (SSSR count). The second kappa shape index (κ2) is 7.50. The van der Waals surface area contributed by atoms with Gasteiger partial charge in [-0.15, -0.1) is 0 Å². The topological polar surface area (TPSA) is 107 Å². The Morgan fingerprint density at radius 1 is 1.25 bits per heavy atom. The number of carbonyl (C=O) groups is 2. The van der Waals surface area contributed by atoms with Crippen LogP contribution in [0, 0.1) is 0 Å². The number of benzene rings is 1. The second-order valence-electron chi connectivity index (χ2n) is 4.30. The van der Waals surface area contributed by atoms with E-state index < -0.39 is 24.4 Å². The third-order valence-corrected chi connectivity index (χ3v) is 4.75. The lowest BCUT2D eigenvalue weighted by atomic mass is 10.2. The molecule has 0 spiro atoms. The van der Waals surface area contributed by atoms with Crippen molar-refractivity contribution in [3.05, 3.63) is 35.9 Å². The molecular formula is C12H16NO5PS. The molecule has 2 unspecified atom stereocenters. The highest BCUT2D eigenvalue weighted by molar-refractivity contribution is 8.10. The Balaban J connectivity index is 2.68. The van der Waals surface area contributed by atoms with Crippen LogP contribution in [-0.2, 0) is 27.6 Å². The standard InChI is InChI=1S/C12H16NO5PS/c14-11(15)7-6-10(12(16)17)13-19(18,20)8-9-4-2-1-3-5-9/h1-5,10H,6-8H2,(H,14,15)(H,16,17)(H2,13,18,20). The molecule has 1 aromatic rings. The van der Waals surface area contributed by atoms with Crippen molar-refractivity contribution < 1.29 is 24.7 Å². The molecule has 0 saturated heterocycles. The van der Waals surface area contributed by atoms with E-state index in [2.05, 4.69) is 5.09 Å². The third kappa shape index (κ3) is 6.25. The quantitative estimate of drug-likeness (QED) is 0.537. The van der Waals surface area contributed by atoms with Crippen LogP contribution in [0.3, 0.4) is 0 Å². The molecule has 0 radical (unpaired) electrons. The van der Waals surface area contributed by atoms with Gasteiger partial charge in [0.1, 0.15) is 12.5 Å². The fraction of sp³-hybridized carbons (Fsp3) is 0.333. The maximum atomic E-state index is 11.0. The highest BCUT2D eigenvalue weighted by Gasteiger charge is 2.25. The summed E-state index contributed by atoms with van der Waals surface area (Å²) < 4.78 is 0. The van der Waals surface area contributed by atoms with Gasteiger partial charge in [0, 0.05) is 12.6 Å². The van der Waals surface area contributed by atoms with Crippen LogP contribution in [0.1, 0.15) is 18.4 Å². The lowest BCUT2D eigenvalue weighted by molar-refractivity contribution is -0.140. The van der Waals surface area contributed by atoms with Gasteiger partial charge in [-0.05, 0) is 12.0 Å². The first-order chi connectivity index (χ1) is 9.30. The monoisotopic (exact) mass is 317 g/mol. The summed E-state index contributed by atoms with van der Waals surface area (Å²) >= 11 is 5.05. The Morgan fingerprint density at radius 2 is 1.85 bits per heavy atom. The van der Waals surface area contributed by atoms with Gasteiger partial charge >= 0.3 is 11.9 Å². The van der Waals surface area contributed by atoms with Gasteiger partial charge in [0.25, 0.3) is 0 Å². The van der Waals surface area contributed by atoms with Gasteiger partial charge in [-0.2, -0.15) is 0 Å². The van der Waals surface area contributed by atoms with E-state index >= 15 is 0 Å². The zero-order valence-electron chi connectivity index (χ0n) is 10.6. The number of rotatable bonds is 8. The molecule has 4 N–H and O–H groups in total. The van der Waals surface area contributed by atoms with E-state index in [1.54, 1.807) is 24.3 Å². The summed E-state index contributed by atoms with van der Waals surface area (Å²) in [5.41, 5.74) is 0.799. The van der Waals surface area contributed by atoms with Crippen LogP contribution in [0.4, 0.5) is 0 Å². The third-order valence-electron chi connectivity index (χ3n) is 2.54. The molecule has 0 aliphatic carbocycles. The number of hydrogen-bond acceptors (Lipinski definition) is 3. The van der Waals surface area contributed by atoms with Crippen LogP contribution < -0.4 is 5.09 Å². The molecule has 0 aromatic heterocycles. The first kappa shape index (κ1) is 16.8. The molecule has 0 aliphatic rings. The van der Waals surface area contributed by atoms with E-state index in [0.717, 1.165) is 5.56 Å². The Morgan fingerprint density at radius 3 is 2.35 bits per heavy atom. The van der Waals surface area contributed by atoms with E-state index in [1.165, 1.54) is 0 Å². The van der Waals surface area contributed by atoms with Crippen molar-refractivity contribution in [2.45, 2.75) is 25.0 Å². The molecule has 20 heavy (non-hydrogen) atoms. The van der Waals surface area contributed by atoms with Crippen molar-refractivity contribution in [1.82, 2.24) is 5.09 Å². The van der Waals surface area contributed by atoms with Gasteiger partial charge in [-0.3, -0.25) is 14.7 Å². The summed E-state index contributed by atoms with van der Waals surface area (Å²) in [4.78, 5) is 31.7. The number of hydrogen-bond donors (Lipinski definition) is 4. The van der Waals surface area contributed by atoms with Gasteiger partial charge in [0.2, 0.25) is 0 Å². The van der Waals surface area contributed by atoms with Crippen molar-refractivity contribution >= 4 is 30.2 Å². The molecule has 2 atom stereocenters. The van der Waals surface area contributed by atoms with Crippen molar-refractivity contribution in [1.29, 1.82) is 0 Å². The van der Waals surface area contributed by atoms with Crippen molar-refractivity contribution in [2.24, 2.45) is 0 Å². The zero-order valence-corrected chi connectivity index (χ0v) is 12.3. The fourth-order valence-electron chi connectivity index (χ4n) is 1.63. The second-order valence-corrected chi connectivity index (χ2v) is 8.09. The Labute approximate surface area is 121 Å². The lowest BCUT2D eigenvalue weighted by Gasteiger charge is -2.22. The first-order valence-corrected chi connectivity index (χ1v) is 8.82. The summed E-state index contributed by atoms with van der Waals surface area (Å²) in [5.74, 6) is -2.31. The molecule has 0 saturated carbocycles. The van der Waals surface area contributed by atoms with Gasteiger partial charge in [0.05, 0.1) is 0 Å². The normalized spacial score (nSPS) is 15.2. The zero-order chi connectivity index (χ0) is 15.2. The first-order valence-electron chi connectivity index (χ1n) is 5.88. The van der Waals surface area contributed by atoms with Gasteiger partial charge in [-0.25, -0.2) is 0 Å². The Kier molecular flexibility index (Phi) is 6.29. The Bertz CT molecular complexity index is 522. The highest BCUT2D eigenvalue weighted by Crippen LogP contribution is 2.41. The Hall–Kier alpha value is -1.27. The van der Waals surface area contributed by atoms with E-state index in [9.17, 15) is 14.5 Å². The molecule has 8 heteroatoms. The molecule has 0 amide bonds. The van der Waals surface area contributed by atoms with Crippen molar-refractivity contribution in [3.63, 3.8) is 0 Å². The van der Waals surface area contributed by atoms with Crippen LogP contribution in [0.5, 0.6) is 0 Å². The largest absolute Gasteiger partial charge is 0.481 e. The molecule has 110 valence electrons. The molecular weight excluding hydrogens is 301 g/mol. The lowest BCUT2D eigenvalue weighted by Crippen LogP contribution is -2.35. The number of carboxylic acid groups (broad SMARTS) is 2. The van der Waals surface area contributed by atoms with E-state index in [0.29, 0.717) is 0 Å². The summed E-state index contributed by atoms with van der Waals surface area (Å²) in [5, 5.41) is 20.1. The summed E-state index contributed by atoms with van der Waals surface area (Å²) in [7, 11) is 0. The minimum Gasteiger partial charge on any atom is -0.481 e. The van der Waals surface area contributed by atoms with Crippen LogP contribution in [0.15, 0.2) is 30.3 Å².